The van der Waals surface area contributed by atoms with E-state index in [1.807, 2.05) is 6.07 Å². The van der Waals surface area contributed by atoms with Gasteiger partial charge in [-0.15, -0.1) is 0 Å². The minimum absolute atomic E-state index is 0.0519. The summed E-state index contributed by atoms with van der Waals surface area (Å²) in [7, 11) is 0. The molecule has 0 unspecified atom stereocenters. The number of fused-ring (bicyclic) bond motifs is 1. The van der Waals surface area contributed by atoms with Crippen molar-refractivity contribution in [3.8, 4) is 11.5 Å². The highest BCUT2D eigenvalue weighted by molar-refractivity contribution is 7.22. The summed E-state index contributed by atoms with van der Waals surface area (Å²) in [6.07, 6.45) is 4.16. The van der Waals surface area contributed by atoms with Crippen molar-refractivity contribution in [1.82, 2.24) is 24.7 Å². The van der Waals surface area contributed by atoms with E-state index in [1.165, 1.54) is 18.3 Å². The van der Waals surface area contributed by atoms with Gasteiger partial charge in [-0.05, 0) is 12.5 Å². The molecular weight excluding hydrogens is 466 g/mol. The summed E-state index contributed by atoms with van der Waals surface area (Å²) in [6, 6.07) is 7.59. The van der Waals surface area contributed by atoms with Crippen LogP contribution in [0.15, 0.2) is 36.7 Å². The highest BCUT2D eigenvalue weighted by Crippen LogP contribution is 2.34. The van der Waals surface area contributed by atoms with Crippen molar-refractivity contribution in [2.24, 2.45) is 0 Å². The Labute approximate surface area is 206 Å². The Morgan fingerprint density at radius 1 is 1.20 bits per heavy atom. The molecule has 1 saturated heterocycles. The van der Waals surface area contributed by atoms with Crippen molar-refractivity contribution >= 4 is 44.4 Å². The number of aromatic nitrogens is 5. The molecule has 5 heterocycles. The monoisotopic (exact) mass is 493 g/mol. The van der Waals surface area contributed by atoms with Crippen LogP contribution in [0.1, 0.15) is 45.9 Å². The lowest BCUT2D eigenvalue weighted by Gasteiger charge is -2.22. The second kappa shape index (κ2) is 9.23. The maximum atomic E-state index is 11.3. The molecular formula is C24H27N7O3S. The Bertz CT molecular complexity index is 1370. The smallest absolute Gasteiger partial charge is 0.222 e. The number of carbonyl (C=O) groups excluding carboxylic acids is 1. The number of ether oxygens (including phenoxy) is 2. The van der Waals surface area contributed by atoms with Gasteiger partial charge in [-0.2, -0.15) is 10.1 Å². The summed E-state index contributed by atoms with van der Waals surface area (Å²) in [6.45, 7) is 9.43. The predicted molar refractivity (Wildman–Crippen MR) is 135 cm³/mol. The first-order chi connectivity index (χ1) is 16.7. The van der Waals surface area contributed by atoms with Gasteiger partial charge in [0, 0.05) is 49.0 Å². The number of nitrogens with one attached hydrogen (secondary N) is 2. The third-order valence-electron chi connectivity index (χ3n) is 5.48. The molecule has 0 bridgehead atoms. The minimum Gasteiger partial charge on any atom is -0.455 e. The lowest BCUT2D eigenvalue weighted by Crippen LogP contribution is -2.22. The highest BCUT2D eigenvalue weighted by Gasteiger charge is 2.28. The maximum Gasteiger partial charge on any atom is 0.222 e. The number of hydrogen-bond acceptors (Lipinski definition) is 9. The molecule has 0 saturated carbocycles. The lowest BCUT2D eigenvalue weighted by atomic mass is 9.91. The van der Waals surface area contributed by atoms with E-state index in [1.54, 1.807) is 24.5 Å². The average Bonchev–Trinajstić information content (AvgIpc) is 3.52. The van der Waals surface area contributed by atoms with Gasteiger partial charge in [0.15, 0.2) is 16.6 Å². The molecule has 0 aromatic carbocycles. The number of nitrogens with zero attached hydrogens (tertiary/aromatic N) is 5. The number of hydrogen-bond donors (Lipinski definition) is 2. The fraction of sp³-hybridized carbons (Fsp3) is 0.375. The summed E-state index contributed by atoms with van der Waals surface area (Å²) >= 11 is 1.48. The lowest BCUT2D eigenvalue weighted by molar-refractivity contribution is -0.114. The van der Waals surface area contributed by atoms with Crippen LogP contribution < -0.4 is 15.4 Å². The second-order valence-corrected chi connectivity index (χ2v) is 10.5. The van der Waals surface area contributed by atoms with Crippen LogP contribution in [0.25, 0.3) is 10.3 Å². The summed E-state index contributed by atoms with van der Waals surface area (Å²) < 4.78 is 14.5. The fourth-order valence-electron chi connectivity index (χ4n) is 3.89. The predicted octanol–water partition coefficient (Wildman–Crippen LogP) is 5.04. The zero-order valence-electron chi connectivity index (χ0n) is 20.0. The number of thiazole rings is 1. The van der Waals surface area contributed by atoms with Crippen molar-refractivity contribution in [2.45, 2.75) is 45.6 Å². The zero-order valence-corrected chi connectivity index (χ0v) is 20.8. The van der Waals surface area contributed by atoms with Crippen LogP contribution >= 0.6 is 11.3 Å². The number of amides is 1. The van der Waals surface area contributed by atoms with Crippen LogP contribution in [-0.2, 0) is 14.9 Å². The van der Waals surface area contributed by atoms with Gasteiger partial charge >= 0.3 is 0 Å². The average molecular weight is 494 g/mol. The van der Waals surface area contributed by atoms with E-state index in [-0.39, 0.29) is 17.4 Å². The first-order valence-corrected chi connectivity index (χ1v) is 12.2. The minimum atomic E-state index is -0.196. The molecule has 1 fully saturated rings. The van der Waals surface area contributed by atoms with E-state index < -0.39 is 0 Å². The quantitative estimate of drug-likeness (QED) is 0.384. The van der Waals surface area contributed by atoms with Crippen molar-refractivity contribution in [2.75, 3.05) is 23.8 Å². The second-order valence-electron chi connectivity index (χ2n) is 9.42. The number of carbonyl (C=O) groups is 1. The van der Waals surface area contributed by atoms with Gasteiger partial charge in [0.1, 0.15) is 17.3 Å². The molecule has 11 heteroatoms. The standard InChI is InChI=1S/C24H27N7O3S/c1-14(32)27-20-10-16(5-7-25-20)34-17-9-18-22(26-12-17)29-23(35-18)28-21-11-19(24(2,3)4)31(30-21)15-6-8-33-13-15/h5,7,9-12,15H,6,8,13H2,1-4H3,(H,25,27,32)(H,26,28,29,30)/t15-/m0/s1. The molecule has 1 aliphatic rings. The van der Waals surface area contributed by atoms with Crippen LogP contribution in [0.4, 0.5) is 16.8 Å². The van der Waals surface area contributed by atoms with E-state index in [0.29, 0.717) is 34.7 Å². The number of pyridine rings is 2. The van der Waals surface area contributed by atoms with E-state index in [9.17, 15) is 4.79 Å². The van der Waals surface area contributed by atoms with Crippen molar-refractivity contribution in [3.63, 3.8) is 0 Å². The van der Waals surface area contributed by atoms with Crippen LogP contribution in [0, 0.1) is 0 Å². The molecule has 0 spiro atoms. The Balaban J connectivity index is 1.36. The van der Waals surface area contributed by atoms with E-state index in [4.69, 9.17) is 14.6 Å². The molecule has 4 aromatic heterocycles. The van der Waals surface area contributed by atoms with Gasteiger partial charge in [-0.1, -0.05) is 32.1 Å². The van der Waals surface area contributed by atoms with Crippen LogP contribution in [0.5, 0.6) is 11.5 Å². The summed E-state index contributed by atoms with van der Waals surface area (Å²) in [5, 5.41) is 11.5. The van der Waals surface area contributed by atoms with Gasteiger partial charge in [0.05, 0.1) is 23.5 Å². The molecule has 1 amide bonds. The first kappa shape index (κ1) is 23.2. The van der Waals surface area contributed by atoms with E-state index in [2.05, 4.69) is 57.1 Å². The van der Waals surface area contributed by atoms with Gasteiger partial charge in [0.25, 0.3) is 0 Å². The normalized spacial score (nSPS) is 15.9. The molecule has 0 radical (unpaired) electrons. The zero-order chi connectivity index (χ0) is 24.6. The van der Waals surface area contributed by atoms with Crippen LogP contribution in [0.3, 0.4) is 0 Å². The number of anilines is 3. The molecule has 5 rings (SSSR count). The van der Waals surface area contributed by atoms with Gasteiger partial charge in [-0.3, -0.25) is 9.48 Å². The Morgan fingerprint density at radius 3 is 2.80 bits per heavy atom. The topological polar surface area (TPSA) is 116 Å². The SMILES string of the molecule is CC(=O)Nc1cc(Oc2cnc3nc(Nc4cc(C(C)(C)C)n([C@H]5CCOC5)n4)sc3c2)ccn1. The Kier molecular flexibility index (Phi) is 6.12. The van der Waals surface area contributed by atoms with Crippen molar-refractivity contribution in [1.29, 1.82) is 0 Å². The third kappa shape index (κ3) is 5.25. The highest BCUT2D eigenvalue weighted by atomic mass is 32.1. The van der Waals surface area contributed by atoms with E-state index in [0.717, 1.165) is 29.2 Å². The van der Waals surface area contributed by atoms with Gasteiger partial charge in [-0.25, -0.2) is 9.97 Å². The molecule has 0 aliphatic carbocycles. The van der Waals surface area contributed by atoms with Crippen LogP contribution in [0.2, 0.25) is 0 Å². The summed E-state index contributed by atoms with van der Waals surface area (Å²) in [4.78, 5) is 24.4. The molecule has 1 atom stereocenters. The maximum absolute atomic E-state index is 11.3. The van der Waals surface area contributed by atoms with Gasteiger partial charge in [0.2, 0.25) is 5.91 Å². The Hall–Kier alpha value is -3.57. The largest absolute Gasteiger partial charge is 0.455 e. The Morgan fingerprint density at radius 2 is 2.06 bits per heavy atom. The van der Waals surface area contributed by atoms with Gasteiger partial charge < -0.3 is 20.1 Å². The molecule has 182 valence electrons. The summed E-state index contributed by atoms with van der Waals surface area (Å²) in [5.41, 5.74) is 1.73. The van der Waals surface area contributed by atoms with Crippen molar-refractivity contribution < 1.29 is 14.3 Å². The molecule has 10 nitrogen and oxygen atoms in total. The molecule has 35 heavy (non-hydrogen) atoms. The van der Waals surface area contributed by atoms with Crippen molar-refractivity contribution in [3.05, 3.63) is 42.4 Å². The van der Waals surface area contributed by atoms with E-state index >= 15 is 0 Å². The first-order valence-electron chi connectivity index (χ1n) is 11.4. The molecule has 4 aromatic rings. The fourth-order valence-corrected chi connectivity index (χ4v) is 4.75. The number of rotatable bonds is 6. The molecule has 1 aliphatic heterocycles. The third-order valence-corrected chi connectivity index (χ3v) is 6.39. The summed E-state index contributed by atoms with van der Waals surface area (Å²) in [5.74, 6) is 2.08. The molecule has 2 N–H and O–H groups in total. The van der Waals surface area contributed by atoms with Crippen LogP contribution in [-0.4, -0.2) is 43.9 Å².